The van der Waals surface area contributed by atoms with Crippen molar-refractivity contribution >= 4 is 69.9 Å². The first kappa shape index (κ1) is 105. The maximum Gasteiger partial charge on any atom is 0.338 e. The summed E-state index contributed by atoms with van der Waals surface area (Å²) in [5.41, 5.74) is 44.7. The summed E-state index contributed by atoms with van der Waals surface area (Å²) < 4.78 is 38.0. The maximum absolute atomic E-state index is 13.7. The lowest BCUT2D eigenvalue weighted by atomic mass is 9.43. The topological polar surface area (TPSA) is 314 Å². The van der Waals surface area contributed by atoms with Crippen molar-refractivity contribution < 1.29 is 57.2 Å². The van der Waals surface area contributed by atoms with Crippen LogP contribution in [-0.2, 0) is 28.4 Å². The number of carbonyl (C=O) groups excluding carboxylic acids is 6. The number of fused-ring (bicyclic) bond motifs is 15. The van der Waals surface area contributed by atoms with E-state index in [0.717, 1.165) is 106 Å². The van der Waals surface area contributed by atoms with Gasteiger partial charge in [0.15, 0.2) is 0 Å². The van der Waals surface area contributed by atoms with Crippen LogP contribution in [0.3, 0.4) is 0 Å². The average Bonchev–Trinajstić information content (AvgIpc) is 1.69. The van der Waals surface area contributed by atoms with Crippen molar-refractivity contribution in [2.45, 2.75) is 346 Å². The van der Waals surface area contributed by atoms with E-state index in [1.807, 2.05) is 6.07 Å². The third kappa shape index (κ3) is 22.3. The minimum Gasteiger partial charge on any atom is -0.459 e. The molecule has 0 aromatic heterocycles. The number of ether oxygens (including phenoxy) is 6. The van der Waals surface area contributed by atoms with Gasteiger partial charge < -0.3 is 62.8 Å². The quantitative estimate of drug-likeness (QED) is 0.0127. The first-order valence-corrected chi connectivity index (χ1v) is 55.2. The Kier molecular flexibility index (Phi) is 32.3. The zero-order valence-electron chi connectivity index (χ0n) is 87.9. The normalized spacial score (nSPS) is 35.2. The van der Waals surface area contributed by atoms with Crippen LogP contribution in [0.1, 0.15) is 371 Å². The number of esters is 6. The second kappa shape index (κ2) is 43.5. The van der Waals surface area contributed by atoms with Crippen LogP contribution >= 0.6 is 0 Å². The number of carbonyl (C=O) groups is 6. The van der Waals surface area contributed by atoms with Crippen molar-refractivity contribution in [3.63, 3.8) is 0 Å². The number of rotatable bonds is 26. The number of allylic oxidation sites excluding steroid dienone is 2. The number of nitrogen functional groups attached to an aromatic ring is 6. The maximum atomic E-state index is 13.7. The van der Waals surface area contributed by atoms with Gasteiger partial charge in [0.1, 0.15) is 36.6 Å². The van der Waals surface area contributed by atoms with Gasteiger partial charge in [-0.3, -0.25) is 0 Å². The van der Waals surface area contributed by atoms with Gasteiger partial charge in [0.05, 0.1) is 33.4 Å². The van der Waals surface area contributed by atoms with Gasteiger partial charge >= 0.3 is 35.8 Å². The van der Waals surface area contributed by atoms with Crippen molar-refractivity contribution in [1.82, 2.24) is 0 Å². The van der Waals surface area contributed by atoms with E-state index >= 15 is 0 Å². The van der Waals surface area contributed by atoms with Gasteiger partial charge in [-0.1, -0.05) is 146 Å². The number of benzene rings is 6. The molecule has 0 saturated heterocycles. The summed E-state index contributed by atoms with van der Waals surface area (Å²) in [5.74, 6) is 9.96. The van der Waals surface area contributed by atoms with Crippen molar-refractivity contribution in [2.24, 2.45) is 151 Å². The molecule has 6 aromatic carbocycles. The molecule has 0 amide bonds. The molecule has 12 N–H and O–H groups in total. The zero-order valence-corrected chi connectivity index (χ0v) is 87.9. The minimum atomic E-state index is -0.313. The molecule has 12 saturated carbocycles. The first-order valence-electron chi connectivity index (χ1n) is 55.2. The van der Waals surface area contributed by atoms with E-state index < -0.39 is 0 Å². The van der Waals surface area contributed by atoms with E-state index in [4.69, 9.17) is 62.8 Å². The van der Waals surface area contributed by atoms with Crippen LogP contribution in [-0.4, -0.2) is 72.4 Å². The van der Waals surface area contributed by atoms with Crippen LogP contribution in [0.25, 0.3) is 0 Å². The van der Waals surface area contributed by atoms with Gasteiger partial charge in [-0.15, -0.1) is 0 Å². The van der Waals surface area contributed by atoms with E-state index in [-0.39, 0.29) is 106 Å². The van der Waals surface area contributed by atoms with Crippen LogP contribution in [0.5, 0.6) is 0 Å². The third-order valence-electron chi connectivity index (χ3n) is 40.6. The number of hydrogen-bond donors (Lipinski definition) is 6. The van der Waals surface area contributed by atoms with E-state index in [1.54, 1.807) is 140 Å². The summed E-state index contributed by atoms with van der Waals surface area (Å²) in [5, 5.41) is 0. The van der Waals surface area contributed by atoms with Crippen LogP contribution in [0.4, 0.5) is 34.1 Å². The Morgan fingerprint density at radius 2 is 0.553 bits per heavy atom. The molecule has 0 radical (unpaired) electrons. The minimum absolute atomic E-state index is 0.0214. The van der Waals surface area contributed by atoms with Gasteiger partial charge in [0.2, 0.25) is 0 Å². The molecule has 18 rings (SSSR count). The number of hydrogen-bond acceptors (Lipinski definition) is 18. The molecule has 0 heterocycles. The molecule has 12 aliphatic carbocycles. The molecule has 0 aliphatic heterocycles. The lowest BCUT2D eigenvalue weighted by molar-refractivity contribution is -0.174. The standard InChI is InChI=1S/2C41H58N2O4.C41H56N2O4/c1-25(2)8-6-9-26(3)33-16-17-34-32-24-37(47-39(45)28-10-7-11-30(43)22-28)36-23-31(46-38(44)27-12-14-29(42)15-13-27)18-20-41(36,5)35(32)19-21-40(33,34)4;2*1-25(2)7-6-8-26(3)33-17-18-34-32-24-37(47-39(45)28-11-15-30(43)16-12-28)36-23-31(46-38(44)27-9-13-29(42)14-10-27)19-21-41(36,5)35(32)20-22-40(33,34)4/h7,10-15,22,25-26,31-37H,6,8-9,16-21,23-24,42-43H2,1-5H3;9-16,25-26,31-37H,6-8,17-24,42-43H2,1-5H3;7,9-16,26,31-37H,6,8,17-24,42-43H2,1-5H3. The van der Waals surface area contributed by atoms with Crippen molar-refractivity contribution in [2.75, 3.05) is 34.4 Å². The summed E-state index contributed by atoms with van der Waals surface area (Å²) in [7, 11) is 0. The fraction of sp³-hybridized carbons (Fsp3) is 0.642. The van der Waals surface area contributed by atoms with Gasteiger partial charge in [0, 0.05) is 51.9 Å². The largest absolute Gasteiger partial charge is 0.459 e. The fourth-order valence-electron chi connectivity index (χ4n) is 33.3. The van der Waals surface area contributed by atoms with Gasteiger partial charge in [-0.25, -0.2) is 28.8 Å². The van der Waals surface area contributed by atoms with E-state index in [9.17, 15) is 28.8 Å². The highest BCUT2D eigenvalue weighted by atomic mass is 16.6. The van der Waals surface area contributed by atoms with E-state index in [1.165, 1.54) is 134 Å². The van der Waals surface area contributed by atoms with Crippen molar-refractivity contribution in [3.8, 4) is 0 Å². The van der Waals surface area contributed by atoms with Crippen molar-refractivity contribution in [1.29, 1.82) is 0 Å². The molecule has 18 heteroatoms. The Morgan fingerprint density at radius 1 is 0.291 bits per heavy atom. The predicted molar refractivity (Wildman–Crippen MR) is 566 cm³/mol. The molecule has 18 nitrogen and oxygen atoms in total. The second-order valence-electron chi connectivity index (χ2n) is 49.8. The SMILES string of the molecule is CC(C)=CCCC(C)C1CCC2C3CC(OC(=O)c4ccc(N)cc4)C4CC(OC(=O)c5ccc(N)cc5)CCC4(C)C3CCC12C.CC(C)CCCC(C)C1CCC2C3CC(OC(=O)c4ccc(N)cc4)C4CC(OC(=O)c5ccc(N)cc5)CCC4(C)C3CCC12C.CC(C)CCCC(C)C1CCC2C3CC(OC(=O)c4cccc(N)c4)C4CC(OC(=O)c5ccc(N)cc5)CCC4(C)C3CCC12C. The summed E-state index contributed by atoms with van der Waals surface area (Å²) >= 11 is 0. The lowest BCUT2D eigenvalue weighted by Crippen LogP contribution is -2.59. The van der Waals surface area contributed by atoms with E-state index in [2.05, 4.69) is 110 Å². The predicted octanol–water partition coefficient (Wildman–Crippen LogP) is 27.9. The molecule has 0 spiro atoms. The summed E-state index contributed by atoms with van der Waals surface area (Å²) in [6.45, 7) is 36.5. The van der Waals surface area contributed by atoms with Gasteiger partial charge in [0.25, 0.3) is 0 Å². The average molecular weight is 1930 g/mol. The molecular formula is C123H172N6O12. The molecule has 30 atom stereocenters. The summed E-state index contributed by atoms with van der Waals surface area (Å²) in [4.78, 5) is 80.4. The van der Waals surface area contributed by atoms with Gasteiger partial charge in [-0.2, -0.15) is 0 Å². The highest BCUT2D eigenvalue weighted by Gasteiger charge is 2.68. The fourth-order valence-corrected chi connectivity index (χ4v) is 33.3. The molecule has 12 fully saturated rings. The molecule has 30 unspecified atom stereocenters. The monoisotopic (exact) mass is 1930 g/mol. The zero-order chi connectivity index (χ0) is 101. The Bertz CT molecular complexity index is 5330. The lowest BCUT2D eigenvalue weighted by Gasteiger charge is -2.62. The number of anilines is 6. The molecule has 12 aliphatic rings. The molecule has 6 aromatic rings. The Morgan fingerprint density at radius 3 is 0.830 bits per heavy atom. The Hall–Kier alpha value is -9.32. The van der Waals surface area contributed by atoms with Crippen molar-refractivity contribution in [3.05, 3.63) is 191 Å². The van der Waals surface area contributed by atoms with E-state index in [0.29, 0.717) is 156 Å². The first-order chi connectivity index (χ1) is 67.2. The third-order valence-corrected chi connectivity index (χ3v) is 40.6. The molecule has 141 heavy (non-hydrogen) atoms. The second-order valence-corrected chi connectivity index (χ2v) is 49.8. The van der Waals surface area contributed by atoms with Crippen LogP contribution in [0, 0.1) is 151 Å². The summed E-state index contributed by atoms with van der Waals surface area (Å²) in [6, 6.07) is 42.0. The number of nitrogens with two attached hydrogens (primary N) is 6. The van der Waals surface area contributed by atoms with Crippen LogP contribution in [0.15, 0.2) is 157 Å². The molecule has 766 valence electrons. The summed E-state index contributed by atoms with van der Waals surface area (Å²) in [6.07, 6.45) is 37.2. The highest BCUT2D eigenvalue weighted by molar-refractivity contribution is 5.93. The Labute approximate surface area is 843 Å². The molecular weight excluding hydrogens is 1750 g/mol. The van der Waals surface area contributed by atoms with Crippen LogP contribution in [0.2, 0.25) is 0 Å². The smallest absolute Gasteiger partial charge is 0.338 e. The van der Waals surface area contributed by atoms with Crippen LogP contribution < -0.4 is 34.4 Å². The highest BCUT2D eigenvalue weighted by Crippen LogP contribution is 2.73. The Balaban J connectivity index is 0.000000152. The van der Waals surface area contributed by atoms with Gasteiger partial charge in [-0.05, 0) is 453 Å². The molecule has 0 bridgehead atoms.